The van der Waals surface area contributed by atoms with Crippen molar-refractivity contribution in [3.63, 3.8) is 0 Å². The molecule has 0 aliphatic carbocycles. The number of nitrogens with zero attached hydrogens (tertiary/aromatic N) is 4. The second kappa shape index (κ2) is 7.77. The van der Waals surface area contributed by atoms with Crippen LogP contribution >= 0.6 is 11.6 Å². The molecule has 6 rings (SSSR count). The van der Waals surface area contributed by atoms with Crippen LogP contribution in [0.25, 0.3) is 49.9 Å². The molecule has 33 heavy (non-hydrogen) atoms. The van der Waals surface area contributed by atoms with Crippen LogP contribution in [0.4, 0.5) is 0 Å². The molecular weight excluding hydrogens is 432 g/mol. The number of hydrogen-bond acceptors (Lipinski definition) is 4. The van der Waals surface area contributed by atoms with Crippen molar-refractivity contribution in [3.8, 4) is 23.1 Å². The smallest absolute Gasteiger partial charge is 0.136 e. The minimum atomic E-state index is 0.509. The lowest BCUT2D eigenvalue weighted by atomic mass is 10.1. The number of imidazole rings is 1. The van der Waals surface area contributed by atoms with E-state index in [1.165, 1.54) is 0 Å². The van der Waals surface area contributed by atoms with E-state index >= 15 is 0 Å². The summed E-state index contributed by atoms with van der Waals surface area (Å²) in [6.45, 7) is 0. The zero-order chi connectivity index (χ0) is 22.4. The summed E-state index contributed by atoms with van der Waals surface area (Å²) in [5, 5.41) is 11.4. The topological polar surface area (TPSA) is 67.6 Å². The summed E-state index contributed by atoms with van der Waals surface area (Å²) in [4.78, 5) is 9.16. The first-order valence-electron chi connectivity index (χ1n) is 10.6. The highest BCUT2D eigenvalue weighted by Crippen LogP contribution is 2.37. The van der Waals surface area contributed by atoms with Gasteiger partial charge >= 0.3 is 0 Å². The molecule has 0 fully saturated rings. The number of hydrogen-bond donors (Lipinski definition) is 0. The molecule has 6 heteroatoms. The highest BCUT2D eigenvalue weighted by molar-refractivity contribution is 6.34. The van der Waals surface area contributed by atoms with Gasteiger partial charge in [-0.3, -0.25) is 9.55 Å². The minimum Gasteiger partial charge on any atom is -0.456 e. The van der Waals surface area contributed by atoms with Gasteiger partial charge in [0.2, 0.25) is 0 Å². The predicted molar refractivity (Wildman–Crippen MR) is 131 cm³/mol. The Hall–Kier alpha value is -4.14. The molecule has 5 nitrogen and oxygen atoms in total. The second-order valence-electron chi connectivity index (χ2n) is 7.93. The van der Waals surface area contributed by atoms with E-state index in [1.807, 2.05) is 48.8 Å². The molecule has 0 atom stereocenters. The van der Waals surface area contributed by atoms with E-state index in [2.05, 4.69) is 44.9 Å². The third kappa shape index (κ3) is 3.32. The van der Waals surface area contributed by atoms with Gasteiger partial charge in [-0.05, 0) is 48.4 Å². The number of pyridine rings is 1. The molecule has 0 saturated carbocycles. The first kappa shape index (κ1) is 19.5. The molecule has 0 unspecified atom stereocenters. The molecule has 3 heterocycles. The monoisotopic (exact) mass is 448 g/mol. The van der Waals surface area contributed by atoms with Crippen LogP contribution in [0.3, 0.4) is 0 Å². The van der Waals surface area contributed by atoms with Gasteiger partial charge in [-0.1, -0.05) is 41.9 Å². The van der Waals surface area contributed by atoms with E-state index in [0.717, 1.165) is 56.1 Å². The van der Waals surface area contributed by atoms with Crippen LogP contribution in [0.2, 0.25) is 5.02 Å². The number of rotatable bonds is 4. The average Bonchev–Trinajstić information content (AvgIpc) is 3.47. The van der Waals surface area contributed by atoms with Crippen LogP contribution in [0.1, 0.15) is 12.0 Å². The van der Waals surface area contributed by atoms with Gasteiger partial charge in [0.1, 0.15) is 23.2 Å². The van der Waals surface area contributed by atoms with Gasteiger partial charge in [-0.2, -0.15) is 5.26 Å². The standard InChI is InChI=1S/C27H17ClN4O/c28-22-14-23-21(13-20(22)26-12-18-5-1-2-6-25(18)33-26)27-24(15-30-23)31-16-32(27)19-9-7-17(8-10-19)4-3-11-29/h1-2,5-10,12-16H,3-4H2. The molecule has 3 aromatic carbocycles. The molecule has 0 saturated heterocycles. The number of nitriles is 1. The number of halogens is 1. The third-order valence-corrected chi connectivity index (χ3v) is 6.21. The van der Waals surface area contributed by atoms with Gasteiger partial charge in [-0.15, -0.1) is 0 Å². The number of furan rings is 1. The Morgan fingerprint density at radius 3 is 2.64 bits per heavy atom. The van der Waals surface area contributed by atoms with Gasteiger partial charge in [-0.25, -0.2) is 4.98 Å². The Morgan fingerprint density at radius 1 is 0.970 bits per heavy atom. The molecule has 0 amide bonds. The third-order valence-electron chi connectivity index (χ3n) is 5.89. The molecular formula is C27H17ClN4O. The Kier molecular flexibility index (Phi) is 4.60. The van der Waals surface area contributed by atoms with Gasteiger partial charge in [0.15, 0.2) is 0 Å². The van der Waals surface area contributed by atoms with Gasteiger partial charge in [0.05, 0.1) is 28.3 Å². The molecule has 0 radical (unpaired) electrons. The molecule has 0 bridgehead atoms. The SMILES string of the molecule is N#CCCc1ccc(-n2cnc3cnc4cc(Cl)c(-c5cc6ccccc6o5)cc4c32)cc1. The summed E-state index contributed by atoms with van der Waals surface area (Å²) in [7, 11) is 0. The fourth-order valence-electron chi connectivity index (χ4n) is 4.24. The Morgan fingerprint density at radius 2 is 1.82 bits per heavy atom. The van der Waals surface area contributed by atoms with Crippen LogP contribution in [-0.2, 0) is 6.42 Å². The maximum Gasteiger partial charge on any atom is 0.136 e. The lowest BCUT2D eigenvalue weighted by Gasteiger charge is -2.09. The highest BCUT2D eigenvalue weighted by Gasteiger charge is 2.16. The van der Waals surface area contributed by atoms with E-state index < -0.39 is 0 Å². The Bertz CT molecular complexity index is 1660. The quantitative estimate of drug-likeness (QED) is 0.288. The second-order valence-corrected chi connectivity index (χ2v) is 8.34. The summed E-state index contributed by atoms with van der Waals surface area (Å²) in [5.41, 5.74) is 6.31. The zero-order valence-corrected chi connectivity index (χ0v) is 18.3. The first-order valence-corrected chi connectivity index (χ1v) is 11.0. The maximum atomic E-state index is 8.83. The number of fused-ring (bicyclic) bond motifs is 4. The number of aromatic nitrogens is 3. The van der Waals surface area contributed by atoms with E-state index in [-0.39, 0.29) is 0 Å². The lowest BCUT2D eigenvalue weighted by molar-refractivity contribution is 0.632. The zero-order valence-electron chi connectivity index (χ0n) is 17.5. The van der Waals surface area contributed by atoms with Crippen molar-refractivity contribution in [1.82, 2.24) is 14.5 Å². The molecule has 0 aliphatic heterocycles. The summed E-state index contributed by atoms with van der Waals surface area (Å²) < 4.78 is 8.15. The van der Waals surface area contributed by atoms with Gasteiger partial charge in [0, 0.05) is 28.4 Å². The minimum absolute atomic E-state index is 0.509. The molecule has 0 aliphatic rings. The Labute approximate surface area is 194 Å². The average molecular weight is 449 g/mol. The van der Waals surface area contributed by atoms with Crippen molar-refractivity contribution < 1.29 is 4.42 Å². The lowest BCUT2D eigenvalue weighted by Crippen LogP contribution is -1.95. The van der Waals surface area contributed by atoms with E-state index in [4.69, 9.17) is 21.3 Å². The first-order chi connectivity index (χ1) is 16.2. The van der Waals surface area contributed by atoms with Crippen LogP contribution in [0.5, 0.6) is 0 Å². The maximum absolute atomic E-state index is 8.83. The number of benzene rings is 3. The van der Waals surface area contributed by atoms with Crippen LogP contribution < -0.4 is 0 Å². The van der Waals surface area contributed by atoms with Crippen molar-refractivity contribution in [1.29, 1.82) is 5.26 Å². The van der Waals surface area contributed by atoms with Crippen LogP contribution in [0, 0.1) is 11.3 Å². The van der Waals surface area contributed by atoms with Crippen molar-refractivity contribution in [2.45, 2.75) is 12.8 Å². The highest BCUT2D eigenvalue weighted by atomic mass is 35.5. The molecule has 3 aromatic heterocycles. The molecule has 0 N–H and O–H groups in total. The van der Waals surface area contributed by atoms with Crippen molar-refractivity contribution in [2.24, 2.45) is 0 Å². The normalized spacial score (nSPS) is 11.4. The van der Waals surface area contributed by atoms with E-state index in [1.54, 1.807) is 6.20 Å². The summed E-state index contributed by atoms with van der Waals surface area (Å²) >= 11 is 6.66. The van der Waals surface area contributed by atoms with Crippen LogP contribution in [0.15, 0.2) is 83.7 Å². The molecule has 6 aromatic rings. The Balaban J connectivity index is 1.53. The number of aryl methyl sites for hydroxylation is 1. The number of para-hydroxylation sites is 1. The van der Waals surface area contributed by atoms with E-state index in [9.17, 15) is 0 Å². The molecule has 158 valence electrons. The van der Waals surface area contributed by atoms with Gasteiger partial charge < -0.3 is 4.42 Å². The fraction of sp³-hybridized carbons (Fsp3) is 0.0741. The summed E-state index contributed by atoms with van der Waals surface area (Å²) in [5.74, 6) is 0.716. The van der Waals surface area contributed by atoms with Crippen molar-refractivity contribution in [3.05, 3.63) is 89.8 Å². The fourth-order valence-corrected chi connectivity index (χ4v) is 4.49. The van der Waals surface area contributed by atoms with Crippen LogP contribution in [-0.4, -0.2) is 14.5 Å². The molecule has 0 spiro atoms. The summed E-state index contributed by atoms with van der Waals surface area (Å²) in [6.07, 6.45) is 4.83. The van der Waals surface area contributed by atoms with Gasteiger partial charge in [0.25, 0.3) is 0 Å². The van der Waals surface area contributed by atoms with E-state index in [0.29, 0.717) is 17.2 Å². The van der Waals surface area contributed by atoms with Crippen molar-refractivity contribution >= 4 is 44.5 Å². The predicted octanol–water partition coefficient (Wildman–Crippen LogP) is 7.10. The largest absolute Gasteiger partial charge is 0.456 e. The summed E-state index contributed by atoms with van der Waals surface area (Å²) in [6, 6.07) is 24.2. The van der Waals surface area contributed by atoms with Crippen molar-refractivity contribution in [2.75, 3.05) is 0 Å².